The maximum Gasteiger partial charge on any atom is 0.326 e. The quantitative estimate of drug-likeness (QED) is 0.668. The van der Waals surface area contributed by atoms with Crippen molar-refractivity contribution in [3.63, 3.8) is 0 Å². The molecule has 17 heavy (non-hydrogen) atoms. The van der Waals surface area contributed by atoms with Crippen LogP contribution in [0, 0.1) is 5.92 Å². The van der Waals surface area contributed by atoms with Gasteiger partial charge in [-0.3, -0.25) is 0 Å². The van der Waals surface area contributed by atoms with E-state index in [0.29, 0.717) is 19.5 Å². The standard InChI is InChI=1S/C12H22N2O3/c1-5-7-14(6-2)12(17)13-10(11(15)16)8-9(3)4/h5,9-10H,1,6-8H2,2-4H3,(H,13,17)(H,15,16)/t10-/m1/s1. The smallest absolute Gasteiger partial charge is 0.326 e. The van der Waals surface area contributed by atoms with Crippen LogP contribution in [0.25, 0.3) is 0 Å². The first-order valence-electron chi connectivity index (χ1n) is 5.81. The fourth-order valence-electron chi connectivity index (χ4n) is 1.44. The molecule has 0 aliphatic heterocycles. The van der Waals surface area contributed by atoms with Crippen molar-refractivity contribution in [1.82, 2.24) is 10.2 Å². The molecule has 0 aromatic rings. The highest BCUT2D eigenvalue weighted by atomic mass is 16.4. The van der Waals surface area contributed by atoms with Crippen molar-refractivity contribution in [3.8, 4) is 0 Å². The number of carboxylic acid groups (broad SMARTS) is 1. The van der Waals surface area contributed by atoms with Crippen molar-refractivity contribution in [2.75, 3.05) is 13.1 Å². The zero-order valence-electron chi connectivity index (χ0n) is 10.8. The predicted molar refractivity (Wildman–Crippen MR) is 66.9 cm³/mol. The number of nitrogens with zero attached hydrogens (tertiary/aromatic N) is 1. The van der Waals surface area contributed by atoms with Gasteiger partial charge in [-0.15, -0.1) is 6.58 Å². The second kappa shape index (κ2) is 7.70. The van der Waals surface area contributed by atoms with Crippen LogP contribution < -0.4 is 5.32 Å². The van der Waals surface area contributed by atoms with Crippen molar-refractivity contribution in [1.29, 1.82) is 0 Å². The van der Waals surface area contributed by atoms with E-state index in [9.17, 15) is 9.59 Å². The van der Waals surface area contributed by atoms with E-state index < -0.39 is 12.0 Å². The van der Waals surface area contributed by atoms with Crippen molar-refractivity contribution in [3.05, 3.63) is 12.7 Å². The number of likely N-dealkylation sites (N-methyl/N-ethyl adjacent to an activating group) is 1. The SMILES string of the molecule is C=CCN(CC)C(=O)N[C@H](CC(C)C)C(=O)O. The molecule has 0 aromatic carbocycles. The van der Waals surface area contributed by atoms with E-state index in [2.05, 4.69) is 11.9 Å². The fraction of sp³-hybridized carbons (Fsp3) is 0.667. The van der Waals surface area contributed by atoms with E-state index >= 15 is 0 Å². The van der Waals surface area contributed by atoms with Crippen LogP contribution in [0.15, 0.2) is 12.7 Å². The topological polar surface area (TPSA) is 69.6 Å². The number of carbonyl (C=O) groups is 2. The summed E-state index contributed by atoms with van der Waals surface area (Å²) < 4.78 is 0. The summed E-state index contributed by atoms with van der Waals surface area (Å²) in [7, 11) is 0. The number of amides is 2. The molecule has 5 heteroatoms. The lowest BCUT2D eigenvalue weighted by molar-refractivity contribution is -0.139. The minimum atomic E-state index is -0.998. The summed E-state index contributed by atoms with van der Waals surface area (Å²) in [5.41, 5.74) is 0. The van der Waals surface area contributed by atoms with Gasteiger partial charge in [-0.05, 0) is 19.3 Å². The number of carbonyl (C=O) groups excluding carboxylic acids is 1. The van der Waals surface area contributed by atoms with Gasteiger partial charge in [0.15, 0.2) is 0 Å². The first-order chi connectivity index (χ1) is 7.92. The number of urea groups is 1. The Bertz CT molecular complexity index is 277. The molecule has 2 amide bonds. The molecule has 0 aliphatic rings. The Labute approximate surface area is 102 Å². The Hall–Kier alpha value is -1.52. The first kappa shape index (κ1) is 15.5. The van der Waals surface area contributed by atoms with Crippen LogP contribution in [0.2, 0.25) is 0 Å². The van der Waals surface area contributed by atoms with Crippen LogP contribution in [-0.4, -0.2) is 41.1 Å². The Morgan fingerprint density at radius 3 is 2.41 bits per heavy atom. The number of aliphatic carboxylic acids is 1. The van der Waals surface area contributed by atoms with Gasteiger partial charge in [-0.25, -0.2) is 9.59 Å². The number of hydrogen-bond donors (Lipinski definition) is 2. The van der Waals surface area contributed by atoms with Gasteiger partial charge in [0.25, 0.3) is 0 Å². The molecule has 0 bridgehead atoms. The molecule has 0 radical (unpaired) electrons. The lowest BCUT2D eigenvalue weighted by atomic mass is 10.0. The molecular formula is C12H22N2O3. The monoisotopic (exact) mass is 242 g/mol. The molecule has 1 atom stereocenters. The predicted octanol–water partition coefficient (Wildman–Crippen LogP) is 1.70. The normalized spacial score (nSPS) is 12.0. The van der Waals surface area contributed by atoms with Gasteiger partial charge in [-0.2, -0.15) is 0 Å². The van der Waals surface area contributed by atoms with Gasteiger partial charge >= 0.3 is 12.0 Å². The molecule has 0 saturated carbocycles. The van der Waals surface area contributed by atoms with E-state index in [0.717, 1.165) is 0 Å². The fourth-order valence-corrected chi connectivity index (χ4v) is 1.44. The highest BCUT2D eigenvalue weighted by molar-refractivity contribution is 5.82. The maximum atomic E-state index is 11.8. The summed E-state index contributed by atoms with van der Waals surface area (Å²) in [6.07, 6.45) is 2.04. The summed E-state index contributed by atoms with van der Waals surface area (Å²) >= 11 is 0. The number of rotatable bonds is 7. The second-order valence-electron chi connectivity index (χ2n) is 4.30. The summed E-state index contributed by atoms with van der Waals surface area (Å²) in [5.74, 6) is -0.785. The molecule has 0 aromatic heterocycles. The molecule has 5 nitrogen and oxygen atoms in total. The molecular weight excluding hydrogens is 220 g/mol. The zero-order chi connectivity index (χ0) is 13.4. The summed E-state index contributed by atoms with van der Waals surface area (Å²) in [5, 5.41) is 11.5. The largest absolute Gasteiger partial charge is 0.480 e. The first-order valence-corrected chi connectivity index (χ1v) is 5.81. The second-order valence-corrected chi connectivity index (χ2v) is 4.30. The highest BCUT2D eigenvalue weighted by Crippen LogP contribution is 2.05. The van der Waals surface area contributed by atoms with Crippen LogP contribution in [0.5, 0.6) is 0 Å². The van der Waals surface area contributed by atoms with Gasteiger partial charge in [-0.1, -0.05) is 19.9 Å². The van der Waals surface area contributed by atoms with Crippen molar-refractivity contribution in [2.45, 2.75) is 33.2 Å². The Balaban J connectivity index is 4.47. The van der Waals surface area contributed by atoms with Crippen LogP contribution in [-0.2, 0) is 4.79 Å². The molecule has 98 valence electrons. The highest BCUT2D eigenvalue weighted by Gasteiger charge is 2.22. The number of nitrogens with one attached hydrogen (secondary N) is 1. The van der Waals surface area contributed by atoms with Crippen molar-refractivity contribution in [2.24, 2.45) is 5.92 Å². The van der Waals surface area contributed by atoms with Gasteiger partial charge < -0.3 is 15.3 Å². The van der Waals surface area contributed by atoms with Gasteiger partial charge in [0.2, 0.25) is 0 Å². The van der Waals surface area contributed by atoms with Crippen LogP contribution >= 0.6 is 0 Å². The molecule has 0 heterocycles. The van der Waals surface area contributed by atoms with Crippen molar-refractivity contribution < 1.29 is 14.7 Å². The number of hydrogen-bond acceptors (Lipinski definition) is 2. The summed E-state index contributed by atoms with van der Waals surface area (Å²) in [6.45, 7) is 10.2. The molecule has 0 spiro atoms. The lowest BCUT2D eigenvalue weighted by Crippen LogP contribution is -2.48. The van der Waals surface area contributed by atoms with E-state index in [1.54, 1.807) is 6.08 Å². The van der Waals surface area contributed by atoms with E-state index in [-0.39, 0.29) is 11.9 Å². The Kier molecular flexibility index (Phi) is 7.02. The average Bonchev–Trinajstić information content (AvgIpc) is 2.23. The molecule has 0 saturated heterocycles. The lowest BCUT2D eigenvalue weighted by Gasteiger charge is -2.23. The van der Waals surface area contributed by atoms with E-state index in [1.807, 2.05) is 20.8 Å². The maximum absolute atomic E-state index is 11.8. The van der Waals surface area contributed by atoms with Gasteiger partial charge in [0.1, 0.15) is 6.04 Å². The molecule has 2 N–H and O–H groups in total. The zero-order valence-corrected chi connectivity index (χ0v) is 10.8. The number of carboxylic acids is 1. The Morgan fingerprint density at radius 1 is 1.47 bits per heavy atom. The third-order valence-electron chi connectivity index (χ3n) is 2.32. The third kappa shape index (κ3) is 5.94. The minimum absolute atomic E-state index is 0.214. The molecule has 0 fully saturated rings. The van der Waals surface area contributed by atoms with E-state index in [1.165, 1.54) is 4.90 Å². The van der Waals surface area contributed by atoms with Crippen molar-refractivity contribution >= 4 is 12.0 Å². The van der Waals surface area contributed by atoms with Crippen LogP contribution in [0.4, 0.5) is 4.79 Å². The van der Waals surface area contributed by atoms with Gasteiger partial charge in [0.05, 0.1) is 0 Å². The van der Waals surface area contributed by atoms with E-state index in [4.69, 9.17) is 5.11 Å². The summed E-state index contributed by atoms with van der Waals surface area (Å²) in [4.78, 5) is 24.3. The Morgan fingerprint density at radius 2 is 2.06 bits per heavy atom. The van der Waals surface area contributed by atoms with Crippen LogP contribution in [0.1, 0.15) is 27.2 Å². The van der Waals surface area contributed by atoms with Crippen LogP contribution in [0.3, 0.4) is 0 Å². The van der Waals surface area contributed by atoms with Gasteiger partial charge in [0, 0.05) is 13.1 Å². The minimum Gasteiger partial charge on any atom is -0.480 e. The average molecular weight is 242 g/mol. The molecule has 0 rings (SSSR count). The molecule has 0 unspecified atom stereocenters. The third-order valence-corrected chi connectivity index (χ3v) is 2.32. The molecule has 0 aliphatic carbocycles. The summed E-state index contributed by atoms with van der Waals surface area (Å²) in [6, 6.07) is -1.19.